The Kier molecular flexibility index (Phi) is 5.72. The normalized spacial score (nSPS) is 15.2. The summed E-state index contributed by atoms with van der Waals surface area (Å²) in [6, 6.07) is 20.4. The number of aromatic hydroxyl groups is 1. The molecular formula is C30H31N3O2. The summed E-state index contributed by atoms with van der Waals surface area (Å²) in [6.07, 6.45) is 0. The van der Waals surface area contributed by atoms with E-state index in [1.54, 1.807) is 0 Å². The number of benzene rings is 3. The first-order valence-corrected chi connectivity index (χ1v) is 12.1. The van der Waals surface area contributed by atoms with Crippen LogP contribution in [0.2, 0.25) is 0 Å². The van der Waals surface area contributed by atoms with Crippen molar-refractivity contribution < 1.29 is 9.90 Å². The van der Waals surface area contributed by atoms with Crippen LogP contribution in [0.25, 0.3) is 11.3 Å². The summed E-state index contributed by atoms with van der Waals surface area (Å²) >= 11 is 0. The van der Waals surface area contributed by atoms with E-state index in [1.807, 2.05) is 30.9 Å². The summed E-state index contributed by atoms with van der Waals surface area (Å²) in [6.45, 7) is 10.8. The van der Waals surface area contributed by atoms with Crippen molar-refractivity contribution in [1.82, 2.24) is 15.1 Å². The van der Waals surface area contributed by atoms with Crippen LogP contribution in [-0.2, 0) is 6.54 Å². The average Bonchev–Trinajstić information content (AvgIpc) is 3.37. The SMILES string of the molecule is Cc1ccc(CN2C(=O)c3[nH]nc(-c4cc(C)cc(C)c4O)c3C2c2ccc(C(C)C)cc2)cc1. The van der Waals surface area contributed by atoms with Gasteiger partial charge in [0.1, 0.15) is 17.1 Å². The lowest BCUT2D eigenvalue weighted by molar-refractivity contribution is 0.0730. The number of phenols is 1. The maximum atomic E-state index is 13.7. The smallest absolute Gasteiger partial charge is 0.273 e. The van der Waals surface area contributed by atoms with Crippen LogP contribution in [0, 0.1) is 20.8 Å². The van der Waals surface area contributed by atoms with Gasteiger partial charge in [-0.15, -0.1) is 0 Å². The van der Waals surface area contributed by atoms with Crippen molar-refractivity contribution in [2.45, 2.75) is 53.1 Å². The van der Waals surface area contributed by atoms with Crippen molar-refractivity contribution in [1.29, 1.82) is 0 Å². The Morgan fingerprint density at radius 1 is 0.971 bits per heavy atom. The number of rotatable bonds is 5. The Morgan fingerprint density at radius 2 is 1.66 bits per heavy atom. The van der Waals surface area contributed by atoms with E-state index in [0.29, 0.717) is 29.4 Å². The Morgan fingerprint density at radius 3 is 2.31 bits per heavy atom. The molecule has 0 fully saturated rings. The molecular weight excluding hydrogens is 434 g/mol. The summed E-state index contributed by atoms with van der Waals surface area (Å²) in [4.78, 5) is 15.6. The monoisotopic (exact) mass is 465 g/mol. The number of carbonyl (C=O) groups is 1. The maximum Gasteiger partial charge on any atom is 0.273 e. The zero-order valence-corrected chi connectivity index (χ0v) is 20.9. The highest BCUT2D eigenvalue weighted by Gasteiger charge is 2.42. The van der Waals surface area contributed by atoms with Crippen LogP contribution in [-0.4, -0.2) is 26.1 Å². The molecule has 2 heterocycles. The lowest BCUT2D eigenvalue weighted by atomic mass is 9.92. The van der Waals surface area contributed by atoms with Gasteiger partial charge in [-0.2, -0.15) is 5.10 Å². The van der Waals surface area contributed by atoms with E-state index in [1.165, 1.54) is 11.1 Å². The summed E-state index contributed by atoms with van der Waals surface area (Å²) in [7, 11) is 0. The lowest BCUT2D eigenvalue weighted by Crippen LogP contribution is -2.29. The molecule has 1 unspecified atom stereocenters. The molecule has 0 saturated heterocycles. The molecule has 1 amide bonds. The molecule has 1 aliphatic rings. The van der Waals surface area contributed by atoms with Gasteiger partial charge in [-0.1, -0.05) is 74.0 Å². The van der Waals surface area contributed by atoms with Gasteiger partial charge in [0.15, 0.2) is 0 Å². The number of aromatic nitrogens is 2. The zero-order chi connectivity index (χ0) is 24.9. The predicted octanol–water partition coefficient (Wildman–Crippen LogP) is 6.58. The fourth-order valence-electron chi connectivity index (χ4n) is 5.01. The molecule has 2 N–H and O–H groups in total. The molecule has 4 aromatic rings. The number of amides is 1. The Labute approximate surface area is 206 Å². The summed E-state index contributed by atoms with van der Waals surface area (Å²) < 4.78 is 0. The van der Waals surface area contributed by atoms with Gasteiger partial charge in [0, 0.05) is 17.7 Å². The van der Waals surface area contributed by atoms with Gasteiger partial charge in [0.2, 0.25) is 0 Å². The van der Waals surface area contributed by atoms with Gasteiger partial charge < -0.3 is 10.0 Å². The van der Waals surface area contributed by atoms with Gasteiger partial charge in [0.05, 0.1) is 6.04 Å². The van der Waals surface area contributed by atoms with E-state index < -0.39 is 0 Å². The van der Waals surface area contributed by atoms with Crippen LogP contribution >= 0.6 is 0 Å². The molecule has 0 bridgehead atoms. The van der Waals surface area contributed by atoms with Gasteiger partial charge in [-0.3, -0.25) is 9.89 Å². The van der Waals surface area contributed by atoms with E-state index in [-0.39, 0.29) is 17.7 Å². The van der Waals surface area contributed by atoms with Crippen molar-refractivity contribution >= 4 is 5.91 Å². The van der Waals surface area contributed by atoms with Crippen LogP contribution in [0.5, 0.6) is 5.75 Å². The standard InChI is InChI=1S/C30H31N3O2/c1-17(2)22-10-12-23(13-11-22)28-25-26(24-15-19(4)14-20(5)29(24)34)31-32-27(25)30(35)33(28)16-21-8-6-18(3)7-9-21/h6-15,17,28,34H,16H2,1-5H3,(H,31,32). The van der Waals surface area contributed by atoms with Crippen molar-refractivity contribution in [3.63, 3.8) is 0 Å². The molecule has 1 atom stereocenters. The van der Waals surface area contributed by atoms with Gasteiger partial charge >= 0.3 is 0 Å². The quantitative estimate of drug-likeness (QED) is 0.350. The van der Waals surface area contributed by atoms with Crippen molar-refractivity contribution in [3.8, 4) is 17.0 Å². The Balaban J connectivity index is 1.67. The van der Waals surface area contributed by atoms with Gasteiger partial charge in [-0.25, -0.2) is 0 Å². The van der Waals surface area contributed by atoms with Crippen LogP contribution in [0.3, 0.4) is 0 Å². The summed E-state index contributed by atoms with van der Waals surface area (Å²) in [5.41, 5.74) is 8.94. The Bertz CT molecular complexity index is 1400. The molecule has 35 heavy (non-hydrogen) atoms. The highest BCUT2D eigenvalue weighted by atomic mass is 16.3. The minimum Gasteiger partial charge on any atom is -0.507 e. The average molecular weight is 466 g/mol. The van der Waals surface area contributed by atoms with Crippen LogP contribution < -0.4 is 0 Å². The number of hydrogen-bond acceptors (Lipinski definition) is 3. The van der Waals surface area contributed by atoms with E-state index >= 15 is 0 Å². The van der Waals surface area contributed by atoms with E-state index in [4.69, 9.17) is 0 Å². The van der Waals surface area contributed by atoms with Crippen LogP contribution in [0.1, 0.15) is 75.2 Å². The van der Waals surface area contributed by atoms with Crippen molar-refractivity contribution in [2.75, 3.05) is 0 Å². The predicted molar refractivity (Wildman–Crippen MR) is 139 cm³/mol. The summed E-state index contributed by atoms with van der Waals surface area (Å²) in [5, 5.41) is 18.5. The number of aromatic amines is 1. The molecule has 5 nitrogen and oxygen atoms in total. The molecule has 0 saturated carbocycles. The molecule has 5 heteroatoms. The fourth-order valence-corrected chi connectivity index (χ4v) is 5.01. The molecule has 5 rings (SSSR count). The van der Waals surface area contributed by atoms with E-state index in [2.05, 4.69) is 79.5 Å². The molecule has 0 aliphatic carbocycles. The third kappa shape index (κ3) is 4.01. The molecule has 0 spiro atoms. The first-order valence-electron chi connectivity index (χ1n) is 12.1. The van der Waals surface area contributed by atoms with Crippen molar-refractivity contribution in [3.05, 3.63) is 105 Å². The molecule has 178 valence electrons. The third-order valence-electron chi connectivity index (χ3n) is 6.96. The largest absolute Gasteiger partial charge is 0.507 e. The molecule has 1 aliphatic heterocycles. The number of aryl methyl sites for hydroxylation is 3. The van der Waals surface area contributed by atoms with Gasteiger partial charge in [-0.05, 0) is 60.6 Å². The number of H-pyrrole nitrogens is 1. The number of phenolic OH excluding ortho intramolecular Hbond substituents is 1. The maximum absolute atomic E-state index is 13.7. The minimum atomic E-state index is -0.311. The molecule has 1 aromatic heterocycles. The number of carbonyl (C=O) groups excluding carboxylic acids is 1. The van der Waals surface area contributed by atoms with Crippen molar-refractivity contribution in [2.24, 2.45) is 0 Å². The second kappa shape index (κ2) is 8.73. The number of fused-ring (bicyclic) bond motifs is 1. The number of hydrogen-bond donors (Lipinski definition) is 2. The second-order valence-electron chi connectivity index (χ2n) is 9.98. The second-order valence-corrected chi connectivity index (χ2v) is 9.98. The molecule has 3 aromatic carbocycles. The minimum absolute atomic E-state index is 0.0823. The number of nitrogens with zero attached hydrogens (tertiary/aromatic N) is 2. The Hall–Kier alpha value is -3.86. The summed E-state index contributed by atoms with van der Waals surface area (Å²) in [5.74, 6) is 0.537. The third-order valence-corrected chi connectivity index (χ3v) is 6.96. The lowest BCUT2D eigenvalue weighted by Gasteiger charge is -2.27. The molecule has 0 radical (unpaired) electrons. The first kappa shape index (κ1) is 22.9. The van der Waals surface area contributed by atoms with E-state index in [9.17, 15) is 9.90 Å². The van der Waals surface area contributed by atoms with Crippen LogP contribution in [0.4, 0.5) is 0 Å². The van der Waals surface area contributed by atoms with Crippen LogP contribution in [0.15, 0.2) is 60.7 Å². The number of nitrogens with one attached hydrogen (secondary N) is 1. The fraction of sp³-hybridized carbons (Fsp3) is 0.267. The highest BCUT2D eigenvalue weighted by Crippen LogP contribution is 2.46. The van der Waals surface area contributed by atoms with E-state index in [0.717, 1.165) is 27.8 Å². The first-order chi connectivity index (χ1) is 16.7. The topological polar surface area (TPSA) is 69.2 Å². The van der Waals surface area contributed by atoms with Gasteiger partial charge in [0.25, 0.3) is 5.91 Å². The highest BCUT2D eigenvalue weighted by molar-refractivity contribution is 6.00. The zero-order valence-electron chi connectivity index (χ0n) is 20.9.